The van der Waals surface area contributed by atoms with E-state index in [9.17, 15) is 0 Å². The second-order valence-electron chi connectivity index (χ2n) is 6.26. The lowest BCUT2D eigenvalue weighted by atomic mass is 10.2. The van der Waals surface area contributed by atoms with Crippen LogP contribution in [-0.4, -0.2) is 30.3 Å². The van der Waals surface area contributed by atoms with Gasteiger partial charge in [-0.1, -0.05) is 0 Å². The summed E-state index contributed by atoms with van der Waals surface area (Å²) in [4.78, 5) is 5.63. The Hall–Kier alpha value is -2.99. The summed E-state index contributed by atoms with van der Waals surface area (Å²) in [5.74, 6) is 1.62. The number of nitrogens with zero attached hydrogens (tertiary/aromatic N) is 2. The molecule has 0 radical (unpaired) electrons. The number of thiophene rings is 1. The number of hydrazine groups is 1. The zero-order valence-electron chi connectivity index (χ0n) is 15.3. The standard InChI is InChI=1S/C21H21N3O2S/c1-15-12-21(27-14-15)18-4-3-9-24(23-18)10-11-26-20-7-8-22-19-13-16(25-2)5-6-17(19)20/h3-9,12-14,23H,10-11H2,1-2H3. The first-order chi connectivity index (χ1) is 13.2. The van der Waals surface area contributed by atoms with Crippen LogP contribution in [0, 0.1) is 6.92 Å². The van der Waals surface area contributed by atoms with E-state index in [1.54, 1.807) is 24.6 Å². The minimum absolute atomic E-state index is 0.555. The number of nitrogens with one attached hydrogen (secondary N) is 1. The van der Waals surface area contributed by atoms with Crippen molar-refractivity contribution in [2.24, 2.45) is 0 Å². The van der Waals surface area contributed by atoms with E-state index in [0.717, 1.165) is 34.6 Å². The molecule has 138 valence electrons. The van der Waals surface area contributed by atoms with Gasteiger partial charge in [-0.2, -0.15) is 0 Å². The smallest absolute Gasteiger partial charge is 0.130 e. The predicted octanol–water partition coefficient (Wildman–Crippen LogP) is 4.37. The van der Waals surface area contributed by atoms with E-state index < -0.39 is 0 Å². The first-order valence-electron chi connectivity index (χ1n) is 8.76. The summed E-state index contributed by atoms with van der Waals surface area (Å²) < 4.78 is 11.3. The summed E-state index contributed by atoms with van der Waals surface area (Å²) in [5, 5.41) is 5.18. The lowest BCUT2D eigenvalue weighted by molar-refractivity contribution is 0.233. The molecule has 0 saturated carbocycles. The van der Waals surface area contributed by atoms with Crippen LogP contribution in [0.25, 0.3) is 16.6 Å². The molecule has 0 spiro atoms. The summed E-state index contributed by atoms with van der Waals surface area (Å²) in [7, 11) is 1.65. The van der Waals surface area contributed by atoms with Gasteiger partial charge in [0.15, 0.2) is 0 Å². The van der Waals surface area contributed by atoms with Gasteiger partial charge in [0, 0.05) is 23.8 Å². The van der Waals surface area contributed by atoms with Gasteiger partial charge in [0.05, 0.1) is 29.7 Å². The van der Waals surface area contributed by atoms with E-state index in [4.69, 9.17) is 9.47 Å². The fourth-order valence-electron chi connectivity index (χ4n) is 2.92. The van der Waals surface area contributed by atoms with E-state index in [2.05, 4.69) is 40.9 Å². The van der Waals surface area contributed by atoms with Crippen molar-refractivity contribution in [2.45, 2.75) is 6.92 Å². The van der Waals surface area contributed by atoms with Crippen molar-refractivity contribution < 1.29 is 9.47 Å². The molecule has 0 amide bonds. The lowest BCUT2D eigenvalue weighted by Gasteiger charge is -2.26. The van der Waals surface area contributed by atoms with E-state index in [-0.39, 0.29) is 0 Å². The number of rotatable bonds is 6. The minimum atomic E-state index is 0.555. The van der Waals surface area contributed by atoms with Crippen LogP contribution in [0.5, 0.6) is 11.5 Å². The van der Waals surface area contributed by atoms with E-state index in [1.807, 2.05) is 35.5 Å². The molecular formula is C21H21N3O2S. The Bertz CT molecular complexity index is 1010. The maximum absolute atomic E-state index is 6.03. The van der Waals surface area contributed by atoms with Gasteiger partial charge < -0.3 is 9.47 Å². The summed E-state index contributed by atoms with van der Waals surface area (Å²) in [6.45, 7) is 3.39. The second-order valence-corrected chi connectivity index (χ2v) is 7.17. The molecule has 0 atom stereocenters. The highest BCUT2D eigenvalue weighted by Crippen LogP contribution is 2.27. The highest BCUT2D eigenvalue weighted by atomic mass is 32.1. The molecule has 4 rings (SSSR count). The van der Waals surface area contributed by atoms with E-state index in [1.165, 1.54) is 10.4 Å². The molecule has 0 fully saturated rings. The van der Waals surface area contributed by atoms with E-state index >= 15 is 0 Å². The number of hydrogen-bond donors (Lipinski definition) is 1. The Balaban J connectivity index is 1.38. The molecule has 0 unspecified atom stereocenters. The number of ether oxygens (including phenoxy) is 2. The second kappa shape index (κ2) is 7.72. The van der Waals surface area contributed by atoms with Crippen molar-refractivity contribution in [2.75, 3.05) is 20.3 Å². The van der Waals surface area contributed by atoms with Gasteiger partial charge >= 0.3 is 0 Å². The van der Waals surface area contributed by atoms with Crippen LogP contribution >= 0.6 is 11.3 Å². The third-order valence-electron chi connectivity index (χ3n) is 4.29. The quantitative estimate of drug-likeness (QED) is 0.689. The molecule has 1 N–H and O–H groups in total. The lowest BCUT2D eigenvalue weighted by Crippen LogP contribution is -2.36. The van der Waals surface area contributed by atoms with Crippen LogP contribution in [0.1, 0.15) is 10.4 Å². The molecule has 3 aromatic rings. The summed E-state index contributed by atoms with van der Waals surface area (Å²) in [6, 6.07) is 9.90. The highest BCUT2D eigenvalue weighted by molar-refractivity contribution is 7.11. The molecule has 1 aliphatic rings. The van der Waals surface area contributed by atoms with Gasteiger partial charge in [-0.25, -0.2) is 0 Å². The molecule has 0 saturated heterocycles. The van der Waals surface area contributed by atoms with Crippen molar-refractivity contribution in [3.05, 3.63) is 70.7 Å². The van der Waals surface area contributed by atoms with E-state index in [0.29, 0.717) is 6.61 Å². The van der Waals surface area contributed by atoms with Crippen molar-refractivity contribution in [3.8, 4) is 11.5 Å². The fraction of sp³-hybridized carbons (Fsp3) is 0.190. The van der Waals surface area contributed by atoms with Gasteiger partial charge in [0.25, 0.3) is 0 Å². The molecule has 0 bridgehead atoms. The Morgan fingerprint density at radius 2 is 2.15 bits per heavy atom. The number of benzene rings is 1. The molecule has 5 nitrogen and oxygen atoms in total. The SMILES string of the molecule is COc1ccc2c(OCCN3C=CC=C(c4cc(C)cs4)N3)ccnc2c1. The number of aryl methyl sites for hydroxylation is 1. The maximum atomic E-state index is 6.03. The Morgan fingerprint density at radius 3 is 2.96 bits per heavy atom. The summed E-state index contributed by atoms with van der Waals surface area (Å²) >= 11 is 1.74. The predicted molar refractivity (Wildman–Crippen MR) is 110 cm³/mol. The summed E-state index contributed by atoms with van der Waals surface area (Å²) in [5.41, 5.74) is 6.68. The monoisotopic (exact) mass is 379 g/mol. The third kappa shape index (κ3) is 3.90. The minimum Gasteiger partial charge on any atom is -0.497 e. The van der Waals surface area contributed by atoms with Gasteiger partial charge in [-0.3, -0.25) is 15.4 Å². The molecule has 1 aromatic carbocycles. The van der Waals surface area contributed by atoms with Crippen LogP contribution in [0.2, 0.25) is 0 Å². The zero-order valence-corrected chi connectivity index (χ0v) is 16.1. The average molecular weight is 379 g/mol. The summed E-state index contributed by atoms with van der Waals surface area (Å²) in [6.07, 6.45) is 7.92. The van der Waals surface area contributed by atoms with Crippen LogP contribution in [-0.2, 0) is 0 Å². The largest absolute Gasteiger partial charge is 0.497 e. The highest BCUT2D eigenvalue weighted by Gasteiger charge is 2.11. The van der Waals surface area contributed by atoms with Crippen molar-refractivity contribution in [1.29, 1.82) is 0 Å². The first kappa shape index (κ1) is 17.4. The van der Waals surface area contributed by atoms with Gasteiger partial charge in [0.2, 0.25) is 0 Å². The van der Waals surface area contributed by atoms with Crippen molar-refractivity contribution in [1.82, 2.24) is 15.4 Å². The Kier molecular flexibility index (Phi) is 4.98. The van der Waals surface area contributed by atoms with Crippen LogP contribution < -0.4 is 14.9 Å². The third-order valence-corrected chi connectivity index (χ3v) is 5.37. The van der Waals surface area contributed by atoms with Gasteiger partial charge in [-0.05, 0) is 54.3 Å². The topological polar surface area (TPSA) is 46.6 Å². The van der Waals surface area contributed by atoms with Gasteiger partial charge in [-0.15, -0.1) is 11.3 Å². The van der Waals surface area contributed by atoms with Crippen LogP contribution in [0.4, 0.5) is 0 Å². The van der Waals surface area contributed by atoms with Gasteiger partial charge in [0.1, 0.15) is 18.1 Å². The molecule has 2 aromatic heterocycles. The molecule has 6 heteroatoms. The molecule has 27 heavy (non-hydrogen) atoms. The molecular weight excluding hydrogens is 358 g/mol. The Labute approximate surface area is 162 Å². The number of allylic oxidation sites excluding steroid dienone is 2. The van der Waals surface area contributed by atoms with Crippen molar-refractivity contribution in [3.63, 3.8) is 0 Å². The number of pyridine rings is 1. The normalized spacial score (nSPS) is 13.4. The average Bonchev–Trinajstić information content (AvgIpc) is 3.14. The molecule has 1 aliphatic heterocycles. The fourth-order valence-corrected chi connectivity index (χ4v) is 3.80. The van der Waals surface area contributed by atoms with Crippen molar-refractivity contribution >= 4 is 27.9 Å². The molecule has 3 heterocycles. The first-order valence-corrected chi connectivity index (χ1v) is 9.64. The number of hydrogen-bond acceptors (Lipinski definition) is 6. The van der Waals surface area contributed by atoms with Crippen LogP contribution in [0.3, 0.4) is 0 Å². The molecule has 0 aliphatic carbocycles. The van der Waals surface area contributed by atoms with Crippen LogP contribution in [0.15, 0.2) is 60.3 Å². The zero-order chi connectivity index (χ0) is 18.6. The Morgan fingerprint density at radius 1 is 1.22 bits per heavy atom. The maximum Gasteiger partial charge on any atom is 0.130 e. The number of methoxy groups -OCH3 is 1. The number of aromatic nitrogens is 1. The number of fused-ring (bicyclic) bond motifs is 1.